The average Bonchev–Trinajstić information content (AvgIpc) is 3.19. The number of hydrogen-bond acceptors (Lipinski definition) is 5. The predicted molar refractivity (Wildman–Crippen MR) is 85.2 cm³/mol. The van der Waals surface area contributed by atoms with Gasteiger partial charge in [0, 0.05) is 6.54 Å². The van der Waals surface area contributed by atoms with E-state index < -0.39 is 11.4 Å². The zero-order valence-electron chi connectivity index (χ0n) is 12.8. The summed E-state index contributed by atoms with van der Waals surface area (Å²) in [4.78, 5) is 28.4. The van der Waals surface area contributed by atoms with E-state index in [0.717, 1.165) is 28.9 Å². The van der Waals surface area contributed by atoms with Gasteiger partial charge in [0.05, 0.1) is 0 Å². The molecule has 5 atom stereocenters. The summed E-state index contributed by atoms with van der Waals surface area (Å²) in [6.45, 7) is 0.487. The van der Waals surface area contributed by atoms with Gasteiger partial charge >= 0.3 is 11.4 Å². The van der Waals surface area contributed by atoms with Crippen LogP contribution >= 0.6 is 11.8 Å². The fraction of sp³-hybridized carbons (Fsp3) is 0.800. The zero-order valence-corrected chi connectivity index (χ0v) is 13.6. The summed E-state index contributed by atoms with van der Waals surface area (Å²) in [6.07, 6.45) is 8.29. The summed E-state index contributed by atoms with van der Waals surface area (Å²) in [5.74, 6) is 9.46. The van der Waals surface area contributed by atoms with E-state index in [1.165, 1.54) is 42.0 Å². The fourth-order valence-corrected chi connectivity index (χ4v) is 5.89. The highest BCUT2D eigenvalue weighted by atomic mass is 32.2. The maximum absolute atomic E-state index is 12.3. The fourth-order valence-electron chi connectivity index (χ4n) is 5.44. The van der Waals surface area contributed by atoms with Gasteiger partial charge in [0.25, 0.3) is 0 Å². The lowest BCUT2D eigenvalue weighted by Crippen LogP contribution is -2.47. The van der Waals surface area contributed by atoms with Crippen LogP contribution in [0.3, 0.4) is 0 Å². The van der Waals surface area contributed by atoms with Crippen LogP contribution < -0.4 is 17.2 Å². The van der Waals surface area contributed by atoms with Crippen LogP contribution in [0.25, 0.3) is 0 Å². The van der Waals surface area contributed by atoms with Crippen molar-refractivity contribution in [2.45, 2.75) is 43.8 Å². The Morgan fingerprint density at radius 2 is 2.00 bits per heavy atom. The Morgan fingerprint density at radius 3 is 2.77 bits per heavy atom. The first-order chi connectivity index (χ1) is 10.6. The van der Waals surface area contributed by atoms with Gasteiger partial charge in [-0.15, -0.1) is 0 Å². The average molecular weight is 322 g/mol. The molecule has 120 valence electrons. The van der Waals surface area contributed by atoms with E-state index in [1.54, 1.807) is 6.26 Å². The number of aromatic nitrogens is 3. The highest BCUT2D eigenvalue weighted by Gasteiger charge is 2.53. The first-order valence-electron chi connectivity index (χ1n) is 8.13. The SMILES string of the molecule is CSc1nc(=O)n(C[C@@H]2C[C@H]3C[C@H]2[C@@H]2CCC[C@H]32)c(=O)n1N. The number of nitrogen functional groups attached to an aromatic ring is 1. The van der Waals surface area contributed by atoms with Crippen LogP contribution in [-0.2, 0) is 6.54 Å². The molecule has 0 aromatic carbocycles. The van der Waals surface area contributed by atoms with Crippen LogP contribution in [0.4, 0.5) is 0 Å². The molecule has 22 heavy (non-hydrogen) atoms. The molecule has 3 saturated carbocycles. The highest BCUT2D eigenvalue weighted by Crippen LogP contribution is 2.61. The normalized spacial score (nSPS) is 36.0. The third kappa shape index (κ3) is 1.97. The number of nitrogens with two attached hydrogens (primary N) is 1. The first kappa shape index (κ1) is 14.4. The Hall–Kier alpha value is -1.24. The summed E-state index contributed by atoms with van der Waals surface area (Å²) < 4.78 is 2.24. The molecular weight excluding hydrogens is 300 g/mol. The molecule has 2 bridgehead atoms. The Morgan fingerprint density at radius 1 is 1.23 bits per heavy atom. The van der Waals surface area contributed by atoms with Crippen molar-refractivity contribution < 1.29 is 0 Å². The van der Waals surface area contributed by atoms with Gasteiger partial charge in [0.15, 0.2) is 5.16 Å². The molecule has 4 rings (SSSR count). The molecule has 0 radical (unpaired) electrons. The molecule has 2 N–H and O–H groups in total. The summed E-state index contributed by atoms with van der Waals surface area (Å²) >= 11 is 1.21. The molecule has 1 aromatic rings. The second-order valence-electron chi connectivity index (χ2n) is 7.06. The molecule has 7 heteroatoms. The molecule has 3 aliphatic rings. The molecule has 0 spiro atoms. The van der Waals surface area contributed by atoms with Crippen LogP contribution in [0, 0.1) is 29.6 Å². The monoisotopic (exact) mass is 322 g/mol. The van der Waals surface area contributed by atoms with Crippen molar-refractivity contribution in [3.8, 4) is 0 Å². The Bertz CT molecular complexity index is 712. The molecular formula is C15H22N4O2S. The second kappa shape index (κ2) is 5.15. The number of fused-ring (bicyclic) bond motifs is 5. The summed E-state index contributed by atoms with van der Waals surface area (Å²) in [6, 6.07) is 0. The molecule has 0 saturated heterocycles. The maximum Gasteiger partial charge on any atom is 0.354 e. The largest absolute Gasteiger partial charge is 0.354 e. The van der Waals surface area contributed by atoms with Crippen LogP contribution in [0.2, 0.25) is 0 Å². The quantitative estimate of drug-likeness (QED) is 0.661. The van der Waals surface area contributed by atoms with Gasteiger partial charge in [0.1, 0.15) is 0 Å². The van der Waals surface area contributed by atoms with Gasteiger partial charge in [-0.3, -0.25) is 0 Å². The topological polar surface area (TPSA) is 82.9 Å². The highest BCUT2D eigenvalue weighted by molar-refractivity contribution is 7.98. The van der Waals surface area contributed by atoms with E-state index in [4.69, 9.17) is 5.84 Å². The third-order valence-electron chi connectivity index (χ3n) is 6.23. The number of thioether (sulfide) groups is 1. The van der Waals surface area contributed by atoms with Crippen LogP contribution in [-0.4, -0.2) is 20.5 Å². The minimum atomic E-state index is -0.457. The first-order valence-corrected chi connectivity index (χ1v) is 9.35. The Labute approximate surface area is 133 Å². The number of nitrogens with zero attached hydrogens (tertiary/aromatic N) is 3. The Balaban J connectivity index is 1.62. The van der Waals surface area contributed by atoms with E-state index in [2.05, 4.69) is 4.98 Å². The van der Waals surface area contributed by atoms with Gasteiger partial charge in [-0.2, -0.15) is 9.66 Å². The van der Waals surface area contributed by atoms with E-state index in [0.29, 0.717) is 18.4 Å². The van der Waals surface area contributed by atoms with Crippen LogP contribution in [0.5, 0.6) is 0 Å². The molecule has 0 amide bonds. The lowest BCUT2D eigenvalue weighted by molar-refractivity contribution is 0.169. The van der Waals surface area contributed by atoms with E-state index >= 15 is 0 Å². The minimum absolute atomic E-state index is 0.273. The van der Waals surface area contributed by atoms with Crippen molar-refractivity contribution >= 4 is 11.8 Å². The molecule has 3 aliphatic carbocycles. The molecule has 0 unspecified atom stereocenters. The van der Waals surface area contributed by atoms with Crippen molar-refractivity contribution in [3.63, 3.8) is 0 Å². The van der Waals surface area contributed by atoms with Gasteiger partial charge in [-0.05, 0) is 61.5 Å². The van der Waals surface area contributed by atoms with E-state index in [1.807, 2.05) is 0 Å². The number of rotatable bonds is 3. The van der Waals surface area contributed by atoms with Gasteiger partial charge in [0.2, 0.25) is 0 Å². The van der Waals surface area contributed by atoms with E-state index in [-0.39, 0.29) is 5.16 Å². The van der Waals surface area contributed by atoms with Crippen molar-refractivity contribution in [2.24, 2.45) is 29.6 Å². The number of hydrogen-bond donors (Lipinski definition) is 1. The second-order valence-corrected chi connectivity index (χ2v) is 7.83. The molecule has 0 aliphatic heterocycles. The predicted octanol–water partition coefficient (Wildman–Crippen LogP) is 0.913. The van der Waals surface area contributed by atoms with Crippen molar-refractivity contribution in [3.05, 3.63) is 21.0 Å². The summed E-state index contributed by atoms with van der Waals surface area (Å²) in [5, 5.41) is 0.273. The maximum atomic E-state index is 12.3. The Kier molecular flexibility index (Phi) is 3.36. The van der Waals surface area contributed by atoms with Gasteiger partial charge in [-0.1, -0.05) is 18.2 Å². The molecule has 1 aromatic heterocycles. The van der Waals surface area contributed by atoms with Crippen molar-refractivity contribution in [1.29, 1.82) is 0 Å². The van der Waals surface area contributed by atoms with Crippen molar-refractivity contribution in [2.75, 3.05) is 12.1 Å². The summed E-state index contributed by atoms with van der Waals surface area (Å²) in [7, 11) is 0. The van der Waals surface area contributed by atoms with Crippen LogP contribution in [0.15, 0.2) is 14.7 Å². The molecule has 1 heterocycles. The standard InChI is InChI=1S/C15H22N4O2S/c1-22-14-17-13(20)18(15(21)19(14)16)7-9-5-8-6-12(9)11-4-2-3-10(8)11/h8-12H,2-7,16H2,1H3/t8-,9-,10+,11+,12+/m0/s1. The smallest absolute Gasteiger partial charge is 0.333 e. The third-order valence-corrected chi connectivity index (χ3v) is 6.88. The van der Waals surface area contributed by atoms with Crippen molar-refractivity contribution in [1.82, 2.24) is 14.2 Å². The minimum Gasteiger partial charge on any atom is -0.333 e. The van der Waals surface area contributed by atoms with Gasteiger partial charge < -0.3 is 5.84 Å². The lowest BCUT2D eigenvalue weighted by Gasteiger charge is -2.31. The summed E-state index contributed by atoms with van der Waals surface area (Å²) in [5.41, 5.74) is -0.892. The van der Waals surface area contributed by atoms with E-state index in [9.17, 15) is 9.59 Å². The van der Waals surface area contributed by atoms with Gasteiger partial charge in [-0.25, -0.2) is 14.2 Å². The lowest BCUT2D eigenvalue weighted by atomic mass is 9.76. The molecule has 3 fully saturated rings. The zero-order chi connectivity index (χ0) is 15.4. The van der Waals surface area contributed by atoms with Crippen LogP contribution in [0.1, 0.15) is 32.1 Å². The molecule has 6 nitrogen and oxygen atoms in total.